The van der Waals surface area contributed by atoms with Gasteiger partial charge in [0.2, 0.25) is 0 Å². The largest absolute Gasteiger partial charge is 0.573 e. The summed E-state index contributed by atoms with van der Waals surface area (Å²) in [7, 11) is 0. The van der Waals surface area contributed by atoms with Gasteiger partial charge in [-0.1, -0.05) is 6.07 Å². The normalized spacial score (nSPS) is 23.0. The van der Waals surface area contributed by atoms with Gasteiger partial charge in [0, 0.05) is 30.7 Å². The van der Waals surface area contributed by atoms with Gasteiger partial charge >= 0.3 is 6.36 Å². The van der Waals surface area contributed by atoms with Gasteiger partial charge in [0.1, 0.15) is 5.75 Å². The summed E-state index contributed by atoms with van der Waals surface area (Å²) in [5, 5.41) is 3.29. The predicted octanol–water partition coefficient (Wildman–Crippen LogP) is 2.41. The van der Waals surface area contributed by atoms with Crippen molar-refractivity contribution in [3.05, 3.63) is 29.8 Å². The molecular formula is C14H17F3N2O2. The van der Waals surface area contributed by atoms with Gasteiger partial charge in [-0.15, -0.1) is 13.2 Å². The zero-order valence-electron chi connectivity index (χ0n) is 11.8. The number of amides is 1. The SMILES string of the molecule is CC1CN(C(=O)c2cccc(OC(F)(F)F)c2)CC(C)N1. The van der Waals surface area contributed by atoms with Crippen LogP contribution >= 0.6 is 0 Å². The number of piperazine rings is 1. The van der Waals surface area contributed by atoms with Crippen LogP contribution in [-0.4, -0.2) is 42.3 Å². The van der Waals surface area contributed by atoms with Crippen molar-refractivity contribution in [2.45, 2.75) is 32.3 Å². The highest BCUT2D eigenvalue weighted by Gasteiger charge is 2.31. The van der Waals surface area contributed by atoms with E-state index in [1.54, 1.807) is 4.90 Å². The van der Waals surface area contributed by atoms with E-state index in [0.29, 0.717) is 13.1 Å². The van der Waals surface area contributed by atoms with E-state index >= 15 is 0 Å². The number of carbonyl (C=O) groups excluding carboxylic acids is 1. The Bertz CT molecular complexity index is 509. The Morgan fingerprint density at radius 3 is 2.48 bits per heavy atom. The van der Waals surface area contributed by atoms with Gasteiger partial charge < -0.3 is 15.0 Å². The molecule has 1 amide bonds. The molecule has 0 saturated carbocycles. The fraction of sp³-hybridized carbons (Fsp3) is 0.500. The first-order valence-corrected chi connectivity index (χ1v) is 6.66. The van der Waals surface area contributed by atoms with Crippen molar-refractivity contribution in [2.75, 3.05) is 13.1 Å². The number of benzene rings is 1. The summed E-state index contributed by atoms with van der Waals surface area (Å²) >= 11 is 0. The van der Waals surface area contributed by atoms with Gasteiger partial charge in [0.05, 0.1) is 0 Å². The Kier molecular flexibility index (Phi) is 4.41. The van der Waals surface area contributed by atoms with Crippen molar-refractivity contribution in [3.8, 4) is 5.75 Å². The molecule has 2 atom stereocenters. The molecule has 116 valence electrons. The van der Waals surface area contributed by atoms with E-state index in [1.165, 1.54) is 18.2 Å². The van der Waals surface area contributed by atoms with Gasteiger partial charge in [-0.3, -0.25) is 4.79 Å². The molecule has 0 spiro atoms. The van der Waals surface area contributed by atoms with Crippen LogP contribution in [0.25, 0.3) is 0 Å². The summed E-state index contributed by atoms with van der Waals surface area (Å²) < 4.78 is 40.5. The Balaban J connectivity index is 2.14. The van der Waals surface area contributed by atoms with Crippen LogP contribution in [0, 0.1) is 0 Å². The number of carbonyl (C=O) groups is 1. The highest BCUT2D eigenvalue weighted by Crippen LogP contribution is 2.24. The molecule has 7 heteroatoms. The maximum atomic E-state index is 12.4. The number of hydrogen-bond donors (Lipinski definition) is 1. The molecule has 1 aromatic rings. The van der Waals surface area contributed by atoms with E-state index in [4.69, 9.17) is 0 Å². The summed E-state index contributed by atoms with van der Waals surface area (Å²) in [6.07, 6.45) is -4.76. The number of nitrogens with one attached hydrogen (secondary N) is 1. The number of nitrogens with zero attached hydrogens (tertiary/aromatic N) is 1. The van der Waals surface area contributed by atoms with Crippen molar-refractivity contribution in [3.63, 3.8) is 0 Å². The zero-order chi connectivity index (χ0) is 15.6. The van der Waals surface area contributed by atoms with Crippen LogP contribution in [0.4, 0.5) is 13.2 Å². The van der Waals surface area contributed by atoms with Gasteiger partial charge in [-0.05, 0) is 32.0 Å². The Morgan fingerprint density at radius 2 is 1.90 bits per heavy atom. The monoisotopic (exact) mass is 302 g/mol. The minimum Gasteiger partial charge on any atom is -0.406 e. The first kappa shape index (κ1) is 15.6. The second kappa shape index (κ2) is 5.93. The molecular weight excluding hydrogens is 285 g/mol. The third-order valence-electron chi connectivity index (χ3n) is 3.16. The van der Waals surface area contributed by atoms with Crippen LogP contribution < -0.4 is 10.1 Å². The molecule has 4 nitrogen and oxygen atoms in total. The highest BCUT2D eigenvalue weighted by molar-refractivity contribution is 5.94. The number of rotatable bonds is 2. The van der Waals surface area contributed by atoms with Crippen LogP contribution in [0.5, 0.6) is 5.75 Å². The first-order chi connectivity index (χ1) is 9.74. The molecule has 1 aliphatic heterocycles. The quantitative estimate of drug-likeness (QED) is 0.912. The van der Waals surface area contributed by atoms with Crippen molar-refractivity contribution < 1.29 is 22.7 Å². The van der Waals surface area contributed by atoms with Gasteiger partial charge in [-0.25, -0.2) is 0 Å². The third-order valence-corrected chi connectivity index (χ3v) is 3.16. The standard InChI is InChI=1S/C14H17F3N2O2/c1-9-7-19(8-10(2)18-9)13(20)11-4-3-5-12(6-11)21-14(15,16)17/h3-6,9-10,18H,7-8H2,1-2H3. The fourth-order valence-electron chi connectivity index (χ4n) is 2.50. The lowest BCUT2D eigenvalue weighted by molar-refractivity contribution is -0.274. The van der Waals surface area contributed by atoms with Crippen molar-refractivity contribution >= 4 is 5.91 Å². The molecule has 2 rings (SSSR count). The molecule has 2 unspecified atom stereocenters. The lowest BCUT2D eigenvalue weighted by Gasteiger charge is -2.36. The average molecular weight is 302 g/mol. The second-order valence-electron chi connectivity index (χ2n) is 5.25. The third kappa shape index (κ3) is 4.35. The zero-order valence-corrected chi connectivity index (χ0v) is 11.8. The lowest BCUT2D eigenvalue weighted by atomic mass is 10.1. The molecule has 1 aliphatic rings. The number of hydrogen-bond acceptors (Lipinski definition) is 3. The van der Waals surface area contributed by atoms with Gasteiger partial charge in [0.15, 0.2) is 0 Å². The molecule has 21 heavy (non-hydrogen) atoms. The maximum absolute atomic E-state index is 12.4. The van der Waals surface area contributed by atoms with Crippen molar-refractivity contribution in [1.29, 1.82) is 0 Å². The molecule has 0 aliphatic carbocycles. The summed E-state index contributed by atoms with van der Waals surface area (Å²) in [5.41, 5.74) is 0.193. The van der Waals surface area contributed by atoms with Crippen LogP contribution in [0.15, 0.2) is 24.3 Å². The molecule has 1 heterocycles. The van der Waals surface area contributed by atoms with Gasteiger partial charge in [0.25, 0.3) is 5.91 Å². The van der Waals surface area contributed by atoms with E-state index in [9.17, 15) is 18.0 Å². The number of alkyl halides is 3. The van der Waals surface area contributed by atoms with Crippen LogP contribution in [0.1, 0.15) is 24.2 Å². The first-order valence-electron chi connectivity index (χ1n) is 6.66. The minimum absolute atomic E-state index is 0.146. The van der Waals surface area contributed by atoms with E-state index < -0.39 is 6.36 Å². The number of halogens is 3. The Labute approximate surface area is 120 Å². The molecule has 0 aromatic heterocycles. The average Bonchev–Trinajstić information content (AvgIpc) is 2.35. The summed E-state index contributed by atoms with van der Waals surface area (Å²) in [4.78, 5) is 14.0. The highest BCUT2D eigenvalue weighted by atomic mass is 19.4. The second-order valence-corrected chi connectivity index (χ2v) is 5.25. The topological polar surface area (TPSA) is 41.6 Å². The van der Waals surface area contributed by atoms with Crippen molar-refractivity contribution in [2.24, 2.45) is 0 Å². The fourth-order valence-corrected chi connectivity index (χ4v) is 2.50. The van der Waals surface area contributed by atoms with E-state index in [0.717, 1.165) is 6.07 Å². The molecule has 0 radical (unpaired) electrons. The smallest absolute Gasteiger partial charge is 0.406 e. The van der Waals surface area contributed by atoms with E-state index in [-0.39, 0.29) is 29.3 Å². The minimum atomic E-state index is -4.76. The molecule has 1 N–H and O–H groups in total. The van der Waals surface area contributed by atoms with Crippen LogP contribution in [-0.2, 0) is 0 Å². The summed E-state index contributed by atoms with van der Waals surface area (Å²) in [6, 6.07) is 5.45. The van der Waals surface area contributed by atoms with Gasteiger partial charge in [-0.2, -0.15) is 0 Å². The molecule has 1 fully saturated rings. The van der Waals surface area contributed by atoms with Crippen LogP contribution in [0.2, 0.25) is 0 Å². The predicted molar refractivity (Wildman–Crippen MR) is 71.1 cm³/mol. The van der Waals surface area contributed by atoms with Crippen LogP contribution in [0.3, 0.4) is 0 Å². The van der Waals surface area contributed by atoms with E-state index in [2.05, 4.69) is 10.1 Å². The summed E-state index contributed by atoms with van der Waals surface area (Å²) in [5.74, 6) is -0.674. The Morgan fingerprint density at radius 1 is 1.29 bits per heavy atom. The summed E-state index contributed by atoms with van der Waals surface area (Å²) in [6.45, 7) is 4.96. The van der Waals surface area contributed by atoms with E-state index in [1.807, 2.05) is 13.8 Å². The molecule has 1 aromatic carbocycles. The maximum Gasteiger partial charge on any atom is 0.573 e. The Hall–Kier alpha value is -1.76. The molecule has 0 bridgehead atoms. The lowest BCUT2D eigenvalue weighted by Crippen LogP contribution is -2.55. The van der Waals surface area contributed by atoms with Crippen molar-refractivity contribution in [1.82, 2.24) is 10.2 Å². The molecule has 1 saturated heterocycles. The number of ether oxygens (including phenoxy) is 1.